The van der Waals surface area contributed by atoms with Crippen molar-refractivity contribution < 1.29 is 14.4 Å². The molecule has 124 valence electrons. The fraction of sp³-hybridized carbons (Fsp3) is 0.176. The monoisotopic (exact) mass is 326 g/mol. The lowest BCUT2D eigenvalue weighted by molar-refractivity contribution is -0.137. The second kappa shape index (κ2) is 7.36. The van der Waals surface area contributed by atoms with Gasteiger partial charge >= 0.3 is 0 Å². The van der Waals surface area contributed by atoms with E-state index in [1.54, 1.807) is 13.2 Å². The number of aromatic nitrogens is 2. The van der Waals surface area contributed by atoms with Crippen LogP contribution in [0.3, 0.4) is 0 Å². The molecule has 2 amide bonds. The molecule has 1 aromatic heterocycles. The van der Waals surface area contributed by atoms with Crippen LogP contribution < -0.4 is 11.1 Å². The molecule has 0 saturated carbocycles. The first-order chi connectivity index (χ1) is 11.4. The fourth-order valence-electron chi connectivity index (χ4n) is 2.27. The van der Waals surface area contributed by atoms with Gasteiger partial charge in [-0.3, -0.25) is 19.1 Å². The highest BCUT2D eigenvalue weighted by molar-refractivity contribution is 6.38. The van der Waals surface area contributed by atoms with Gasteiger partial charge in [-0.05, 0) is 6.42 Å². The van der Waals surface area contributed by atoms with Gasteiger partial charge in [-0.15, -0.1) is 6.58 Å². The van der Waals surface area contributed by atoms with Crippen molar-refractivity contribution in [3.63, 3.8) is 0 Å². The van der Waals surface area contributed by atoms with Crippen molar-refractivity contribution in [2.45, 2.75) is 12.5 Å². The van der Waals surface area contributed by atoms with E-state index < -0.39 is 23.6 Å². The average Bonchev–Trinajstić information content (AvgIpc) is 2.96. The van der Waals surface area contributed by atoms with Crippen molar-refractivity contribution in [2.75, 3.05) is 0 Å². The van der Waals surface area contributed by atoms with Gasteiger partial charge in [0.15, 0.2) is 0 Å². The number of ketones is 1. The molecule has 7 heteroatoms. The highest BCUT2D eigenvalue weighted by Gasteiger charge is 2.26. The number of aryl methyl sites for hydroxylation is 1. The lowest BCUT2D eigenvalue weighted by Gasteiger charge is -2.14. The Morgan fingerprint density at radius 1 is 1.33 bits per heavy atom. The summed E-state index contributed by atoms with van der Waals surface area (Å²) < 4.78 is 1.51. The minimum atomic E-state index is -1.10. The minimum Gasteiger partial charge on any atom is -0.363 e. The minimum absolute atomic E-state index is 0.106. The highest BCUT2D eigenvalue weighted by atomic mass is 16.2. The van der Waals surface area contributed by atoms with Crippen molar-refractivity contribution in [3.8, 4) is 11.3 Å². The smallest absolute Gasteiger partial charge is 0.287 e. The van der Waals surface area contributed by atoms with E-state index in [1.807, 2.05) is 30.3 Å². The van der Waals surface area contributed by atoms with E-state index in [4.69, 9.17) is 5.73 Å². The lowest BCUT2D eigenvalue weighted by atomic mass is 10.1. The summed E-state index contributed by atoms with van der Waals surface area (Å²) in [6.07, 6.45) is 3.10. The first-order valence-corrected chi connectivity index (χ1v) is 7.28. The largest absolute Gasteiger partial charge is 0.363 e. The summed E-state index contributed by atoms with van der Waals surface area (Å²) in [4.78, 5) is 35.5. The van der Waals surface area contributed by atoms with E-state index in [1.165, 1.54) is 10.8 Å². The van der Waals surface area contributed by atoms with Gasteiger partial charge in [-0.25, -0.2) is 0 Å². The first kappa shape index (κ1) is 17.1. The number of rotatable bonds is 7. The summed E-state index contributed by atoms with van der Waals surface area (Å²) in [5, 5.41) is 6.82. The van der Waals surface area contributed by atoms with E-state index in [-0.39, 0.29) is 6.42 Å². The molecule has 0 spiro atoms. The Labute approximate surface area is 139 Å². The molecule has 0 aliphatic rings. The number of carbonyl (C=O) groups is 3. The molecule has 3 N–H and O–H groups in total. The fourth-order valence-corrected chi connectivity index (χ4v) is 2.27. The number of nitrogens with zero attached hydrogens (tertiary/aromatic N) is 2. The van der Waals surface area contributed by atoms with Crippen molar-refractivity contribution in [2.24, 2.45) is 12.8 Å². The zero-order valence-electron chi connectivity index (χ0n) is 13.2. The standard InChI is InChI=1S/C17H18N4O3/c1-3-7-13(15(22)16(18)23)19-17(24)12-10-21(2)20-14(12)11-8-5-4-6-9-11/h3-6,8-10,13H,1,7H2,2H3,(H2,18,23)(H,19,24). The number of nitrogens with two attached hydrogens (primary N) is 1. The molecule has 0 bridgehead atoms. The van der Waals surface area contributed by atoms with E-state index in [2.05, 4.69) is 17.0 Å². The van der Waals surface area contributed by atoms with Crippen molar-refractivity contribution in [3.05, 3.63) is 54.7 Å². The van der Waals surface area contributed by atoms with Crippen LogP contribution in [-0.2, 0) is 16.6 Å². The Kier molecular flexibility index (Phi) is 5.26. The predicted molar refractivity (Wildman–Crippen MR) is 88.9 cm³/mol. The van der Waals surface area contributed by atoms with Gasteiger partial charge in [0.25, 0.3) is 11.8 Å². The lowest BCUT2D eigenvalue weighted by Crippen LogP contribution is -2.45. The Hall–Kier alpha value is -3.22. The topological polar surface area (TPSA) is 107 Å². The second-order valence-electron chi connectivity index (χ2n) is 5.21. The third kappa shape index (κ3) is 3.75. The molecule has 1 aromatic carbocycles. The molecule has 1 unspecified atom stereocenters. The van der Waals surface area contributed by atoms with E-state index in [0.29, 0.717) is 11.3 Å². The van der Waals surface area contributed by atoms with E-state index in [9.17, 15) is 14.4 Å². The maximum absolute atomic E-state index is 12.6. The molecule has 1 atom stereocenters. The van der Waals surface area contributed by atoms with Crippen LogP contribution in [-0.4, -0.2) is 33.4 Å². The zero-order valence-corrected chi connectivity index (χ0v) is 13.2. The maximum Gasteiger partial charge on any atom is 0.287 e. The van der Waals surface area contributed by atoms with Crippen LogP contribution in [0.4, 0.5) is 0 Å². The number of Topliss-reactive ketones (excluding diaryl/α,β-unsaturated/α-hetero) is 1. The number of hydrogen-bond acceptors (Lipinski definition) is 4. The Bertz CT molecular complexity index is 780. The van der Waals surface area contributed by atoms with Crippen molar-refractivity contribution in [1.82, 2.24) is 15.1 Å². The van der Waals surface area contributed by atoms with Crippen LogP contribution in [0.15, 0.2) is 49.2 Å². The van der Waals surface area contributed by atoms with Gasteiger partial charge in [0.05, 0.1) is 5.56 Å². The van der Waals surface area contributed by atoms with Gasteiger partial charge in [-0.1, -0.05) is 36.4 Å². The third-order valence-corrected chi connectivity index (χ3v) is 3.39. The zero-order chi connectivity index (χ0) is 17.7. The Balaban J connectivity index is 2.31. The normalized spacial score (nSPS) is 11.5. The summed E-state index contributed by atoms with van der Waals surface area (Å²) in [5.74, 6) is -2.48. The molecule has 0 fully saturated rings. The van der Waals surface area contributed by atoms with Gasteiger partial charge < -0.3 is 11.1 Å². The number of primary amides is 1. The van der Waals surface area contributed by atoms with Crippen LogP contribution in [0.5, 0.6) is 0 Å². The number of carbonyl (C=O) groups excluding carboxylic acids is 3. The van der Waals surface area contributed by atoms with Crippen LogP contribution in [0.1, 0.15) is 16.8 Å². The van der Waals surface area contributed by atoms with Crippen molar-refractivity contribution in [1.29, 1.82) is 0 Å². The maximum atomic E-state index is 12.6. The van der Waals surface area contributed by atoms with Gasteiger partial charge in [0.1, 0.15) is 11.7 Å². The summed E-state index contributed by atoms with van der Waals surface area (Å²) in [6.45, 7) is 3.52. The van der Waals surface area contributed by atoms with Gasteiger partial charge in [-0.2, -0.15) is 5.10 Å². The molecule has 0 radical (unpaired) electrons. The molecular weight excluding hydrogens is 308 g/mol. The molecule has 0 aliphatic heterocycles. The van der Waals surface area contributed by atoms with Crippen LogP contribution in [0, 0.1) is 0 Å². The number of amides is 2. The summed E-state index contributed by atoms with van der Waals surface area (Å²) in [6, 6.07) is 8.14. The number of nitrogens with one attached hydrogen (secondary N) is 1. The Morgan fingerprint density at radius 2 is 2.00 bits per heavy atom. The van der Waals surface area contributed by atoms with Crippen molar-refractivity contribution >= 4 is 17.6 Å². The van der Waals surface area contributed by atoms with Gasteiger partial charge in [0.2, 0.25) is 5.78 Å². The van der Waals surface area contributed by atoms with Crippen LogP contribution in [0.2, 0.25) is 0 Å². The summed E-state index contributed by atoms with van der Waals surface area (Å²) >= 11 is 0. The average molecular weight is 326 g/mol. The number of benzene rings is 1. The third-order valence-electron chi connectivity index (χ3n) is 3.39. The molecule has 0 saturated heterocycles. The predicted octanol–water partition coefficient (Wildman–Crippen LogP) is 0.816. The van der Waals surface area contributed by atoms with Crippen LogP contribution in [0.25, 0.3) is 11.3 Å². The SMILES string of the molecule is C=CCC(NC(=O)c1cn(C)nc1-c1ccccc1)C(=O)C(N)=O. The van der Waals surface area contributed by atoms with E-state index in [0.717, 1.165) is 5.56 Å². The molecule has 1 heterocycles. The summed E-state index contributed by atoms with van der Waals surface area (Å²) in [5.41, 5.74) is 6.57. The highest BCUT2D eigenvalue weighted by Crippen LogP contribution is 2.21. The molecule has 2 rings (SSSR count). The molecule has 0 aliphatic carbocycles. The van der Waals surface area contributed by atoms with E-state index >= 15 is 0 Å². The number of hydrogen-bond donors (Lipinski definition) is 2. The first-order valence-electron chi connectivity index (χ1n) is 7.28. The quantitative estimate of drug-likeness (QED) is 0.580. The molecular formula is C17H18N4O3. The second-order valence-corrected chi connectivity index (χ2v) is 5.21. The van der Waals surface area contributed by atoms with Crippen LogP contribution >= 0.6 is 0 Å². The van der Waals surface area contributed by atoms with Gasteiger partial charge in [0, 0.05) is 18.8 Å². The molecule has 2 aromatic rings. The molecule has 7 nitrogen and oxygen atoms in total. The Morgan fingerprint density at radius 3 is 2.58 bits per heavy atom. The molecule has 24 heavy (non-hydrogen) atoms. The summed E-state index contributed by atoms with van der Waals surface area (Å²) in [7, 11) is 1.69.